The van der Waals surface area contributed by atoms with Gasteiger partial charge in [-0.15, -0.1) is 0 Å². The van der Waals surface area contributed by atoms with Crippen LogP contribution in [0, 0.1) is 6.92 Å². The monoisotopic (exact) mass is 554 g/mol. The van der Waals surface area contributed by atoms with Gasteiger partial charge in [-0.1, -0.05) is 48.0 Å². The Morgan fingerprint density at radius 2 is 1.54 bits per heavy atom. The summed E-state index contributed by atoms with van der Waals surface area (Å²) in [6.45, 7) is 5.50. The third-order valence-electron chi connectivity index (χ3n) is 5.49. The van der Waals surface area contributed by atoms with Gasteiger partial charge in [0.1, 0.15) is 23.5 Å². The molecule has 0 atom stereocenters. The first-order chi connectivity index (χ1) is 18.2. The number of aromatic carboxylic acids is 1. The summed E-state index contributed by atoms with van der Waals surface area (Å²) in [5.41, 5.74) is 0.139. The SMILES string of the molecule is Cc1ccc(S(=O)(=O)N(CC(=O)N(Cc2ccccc2)c2ccc(C(=O)O)c(O)c2)C(=O)OC(C)(C)C)cc1. The van der Waals surface area contributed by atoms with Crippen LogP contribution in [-0.4, -0.2) is 53.1 Å². The molecule has 39 heavy (non-hydrogen) atoms. The first-order valence-corrected chi connectivity index (χ1v) is 13.4. The van der Waals surface area contributed by atoms with Gasteiger partial charge in [-0.05, 0) is 57.5 Å². The van der Waals surface area contributed by atoms with Crippen LogP contribution >= 0.6 is 0 Å². The van der Waals surface area contributed by atoms with E-state index in [-0.39, 0.29) is 22.7 Å². The van der Waals surface area contributed by atoms with E-state index in [4.69, 9.17) is 4.74 Å². The molecule has 3 aromatic rings. The average molecular weight is 555 g/mol. The highest BCUT2D eigenvalue weighted by Crippen LogP contribution is 2.27. The second-order valence-electron chi connectivity index (χ2n) is 9.78. The van der Waals surface area contributed by atoms with Crippen molar-refractivity contribution in [2.45, 2.75) is 44.7 Å². The molecular weight excluding hydrogens is 524 g/mol. The summed E-state index contributed by atoms with van der Waals surface area (Å²) < 4.78 is 32.8. The van der Waals surface area contributed by atoms with Gasteiger partial charge >= 0.3 is 12.1 Å². The van der Waals surface area contributed by atoms with E-state index in [1.54, 1.807) is 70.2 Å². The van der Waals surface area contributed by atoms with Crippen LogP contribution < -0.4 is 4.90 Å². The van der Waals surface area contributed by atoms with Crippen LogP contribution in [0.4, 0.5) is 10.5 Å². The zero-order valence-corrected chi connectivity index (χ0v) is 22.8. The van der Waals surface area contributed by atoms with E-state index in [0.29, 0.717) is 9.87 Å². The van der Waals surface area contributed by atoms with Crippen molar-refractivity contribution >= 4 is 33.7 Å². The summed E-state index contributed by atoms with van der Waals surface area (Å²) in [5.74, 6) is -2.76. The van der Waals surface area contributed by atoms with E-state index in [1.807, 2.05) is 0 Å². The van der Waals surface area contributed by atoms with Gasteiger partial charge < -0.3 is 19.8 Å². The molecule has 0 spiro atoms. The number of hydrogen-bond donors (Lipinski definition) is 2. The molecule has 0 aliphatic carbocycles. The molecule has 10 nitrogen and oxygen atoms in total. The van der Waals surface area contributed by atoms with Gasteiger partial charge in [-0.3, -0.25) is 4.79 Å². The van der Waals surface area contributed by atoms with E-state index in [2.05, 4.69) is 0 Å². The number of amides is 2. The fourth-order valence-electron chi connectivity index (χ4n) is 3.56. The zero-order valence-electron chi connectivity index (χ0n) is 22.0. The van der Waals surface area contributed by atoms with Gasteiger partial charge in [0, 0.05) is 11.8 Å². The predicted molar refractivity (Wildman–Crippen MR) is 144 cm³/mol. The van der Waals surface area contributed by atoms with Gasteiger partial charge in [0.15, 0.2) is 0 Å². The van der Waals surface area contributed by atoms with Crippen LogP contribution in [0.25, 0.3) is 0 Å². The predicted octanol–water partition coefficient (Wildman–Crippen LogP) is 4.56. The van der Waals surface area contributed by atoms with Crippen molar-refractivity contribution in [1.82, 2.24) is 4.31 Å². The molecule has 0 saturated heterocycles. The number of rotatable bonds is 8. The number of carboxylic acid groups (broad SMARTS) is 1. The normalized spacial score (nSPS) is 11.5. The lowest BCUT2D eigenvalue weighted by Crippen LogP contribution is -2.47. The molecule has 2 amide bonds. The number of hydrogen-bond acceptors (Lipinski definition) is 7. The summed E-state index contributed by atoms with van der Waals surface area (Å²) in [6.07, 6.45) is -1.24. The number of ether oxygens (including phenoxy) is 1. The van der Waals surface area contributed by atoms with E-state index in [0.717, 1.165) is 22.6 Å². The van der Waals surface area contributed by atoms with Crippen LogP contribution in [-0.2, 0) is 26.1 Å². The van der Waals surface area contributed by atoms with Crippen LogP contribution in [0.5, 0.6) is 5.75 Å². The molecule has 0 heterocycles. The Morgan fingerprint density at radius 1 is 0.923 bits per heavy atom. The highest BCUT2D eigenvalue weighted by molar-refractivity contribution is 7.89. The standard InChI is InChI=1S/C28H30N2O8S/c1-19-10-13-22(14-11-19)39(36,37)30(27(35)38-28(2,3)4)18-25(32)29(17-20-8-6-5-7-9-20)21-12-15-23(26(33)34)24(31)16-21/h5-16,31H,17-18H2,1-4H3,(H,33,34). The van der Waals surface area contributed by atoms with Gasteiger partial charge in [0.25, 0.3) is 10.0 Å². The molecule has 206 valence electrons. The Morgan fingerprint density at radius 3 is 2.08 bits per heavy atom. The number of aryl methyl sites for hydroxylation is 1. The number of nitrogens with zero attached hydrogens (tertiary/aromatic N) is 2. The molecule has 3 rings (SSSR count). The number of carboxylic acids is 1. The maximum atomic E-state index is 13.7. The number of carbonyl (C=O) groups is 3. The van der Waals surface area contributed by atoms with E-state index < -0.39 is 45.9 Å². The topological polar surface area (TPSA) is 142 Å². The summed E-state index contributed by atoms with van der Waals surface area (Å²) in [4.78, 5) is 39.1. The second-order valence-corrected chi connectivity index (χ2v) is 11.6. The molecule has 3 aromatic carbocycles. The Kier molecular flexibility index (Phi) is 8.65. The second kappa shape index (κ2) is 11.6. The highest BCUT2D eigenvalue weighted by atomic mass is 32.2. The molecule has 0 aliphatic rings. The Bertz CT molecular complexity index is 1460. The van der Waals surface area contributed by atoms with Crippen LogP contribution in [0.1, 0.15) is 42.3 Å². The Hall–Kier alpha value is -4.38. The molecule has 0 fully saturated rings. The number of aromatic hydroxyl groups is 1. The first-order valence-electron chi connectivity index (χ1n) is 11.9. The lowest BCUT2D eigenvalue weighted by atomic mass is 10.1. The van der Waals surface area contributed by atoms with Crippen LogP contribution in [0.15, 0.2) is 77.7 Å². The molecule has 0 radical (unpaired) electrons. The molecule has 0 aliphatic heterocycles. The molecular formula is C28H30N2O8S. The summed E-state index contributed by atoms with van der Waals surface area (Å²) in [6, 6.07) is 18.1. The van der Waals surface area contributed by atoms with E-state index >= 15 is 0 Å². The van der Waals surface area contributed by atoms with Crippen LogP contribution in [0.3, 0.4) is 0 Å². The van der Waals surface area contributed by atoms with Crippen molar-refractivity contribution in [2.75, 3.05) is 11.4 Å². The minimum Gasteiger partial charge on any atom is -0.507 e. The fraction of sp³-hybridized carbons (Fsp3) is 0.250. The average Bonchev–Trinajstić information content (AvgIpc) is 2.85. The van der Waals surface area contributed by atoms with Gasteiger partial charge in [-0.25, -0.2) is 18.0 Å². The molecule has 0 unspecified atom stereocenters. The highest BCUT2D eigenvalue weighted by Gasteiger charge is 2.36. The van der Waals surface area contributed by atoms with Gasteiger partial charge in [0.2, 0.25) is 5.91 Å². The van der Waals surface area contributed by atoms with Gasteiger partial charge in [-0.2, -0.15) is 4.31 Å². The fourth-order valence-corrected chi connectivity index (χ4v) is 4.81. The van der Waals surface area contributed by atoms with Gasteiger partial charge in [0.05, 0.1) is 11.4 Å². The Labute approximate surface area is 227 Å². The van der Waals surface area contributed by atoms with Crippen LogP contribution in [0.2, 0.25) is 0 Å². The van der Waals surface area contributed by atoms with Crippen molar-refractivity contribution < 1.29 is 37.8 Å². The summed E-state index contributed by atoms with van der Waals surface area (Å²) >= 11 is 0. The van der Waals surface area contributed by atoms with Crippen molar-refractivity contribution in [3.05, 3.63) is 89.5 Å². The third kappa shape index (κ3) is 7.35. The summed E-state index contributed by atoms with van der Waals surface area (Å²) in [7, 11) is -4.51. The lowest BCUT2D eigenvalue weighted by Gasteiger charge is -2.29. The zero-order chi connectivity index (χ0) is 29.0. The minimum absolute atomic E-state index is 0.0573. The maximum Gasteiger partial charge on any atom is 0.424 e. The minimum atomic E-state index is -4.51. The first kappa shape index (κ1) is 29.2. The number of benzene rings is 3. The van der Waals surface area contributed by atoms with E-state index in [9.17, 15) is 33.0 Å². The van der Waals surface area contributed by atoms with Crippen molar-refractivity contribution in [1.29, 1.82) is 0 Å². The number of anilines is 1. The van der Waals surface area contributed by atoms with Crippen molar-refractivity contribution in [2.24, 2.45) is 0 Å². The third-order valence-corrected chi connectivity index (χ3v) is 7.22. The smallest absolute Gasteiger partial charge is 0.424 e. The lowest BCUT2D eigenvalue weighted by molar-refractivity contribution is -0.119. The number of sulfonamides is 1. The quantitative estimate of drug-likeness (QED) is 0.413. The van der Waals surface area contributed by atoms with E-state index in [1.165, 1.54) is 18.2 Å². The number of carbonyl (C=O) groups excluding carboxylic acids is 2. The molecule has 2 N–H and O–H groups in total. The maximum absolute atomic E-state index is 13.7. The molecule has 0 bridgehead atoms. The Balaban J connectivity index is 2.06. The van der Waals surface area contributed by atoms with Crippen molar-refractivity contribution in [3.8, 4) is 5.75 Å². The molecule has 11 heteroatoms. The molecule has 0 aromatic heterocycles. The van der Waals surface area contributed by atoms with Crippen molar-refractivity contribution in [3.63, 3.8) is 0 Å². The largest absolute Gasteiger partial charge is 0.507 e. The number of phenols is 1. The summed E-state index contributed by atoms with van der Waals surface area (Å²) in [5, 5.41) is 19.5. The molecule has 0 saturated carbocycles.